The summed E-state index contributed by atoms with van der Waals surface area (Å²) in [7, 11) is 1.38. The van der Waals surface area contributed by atoms with Crippen LogP contribution in [0, 0.1) is 0 Å². The fourth-order valence-corrected chi connectivity index (χ4v) is 6.68. The number of phenols is 1. The molecule has 68 heavy (non-hydrogen) atoms. The number of nitrogens with one attached hydrogen (secondary N) is 2. The third-order valence-electron chi connectivity index (χ3n) is 9.61. The number of aromatic hydroxyl groups is 1. The smallest absolute Gasteiger partial charge is 0.329 e. The van der Waals surface area contributed by atoms with E-state index >= 15 is 0 Å². The normalized spacial score (nSPS) is 12.2. The molecule has 0 radical (unpaired) electrons. The van der Waals surface area contributed by atoms with E-state index in [2.05, 4.69) is 20.6 Å². The Morgan fingerprint density at radius 1 is 0.706 bits per heavy atom. The van der Waals surface area contributed by atoms with E-state index in [0.717, 1.165) is 11.1 Å². The van der Waals surface area contributed by atoms with Crippen LogP contribution in [0.3, 0.4) is 0 Å². The number of ether oxygens (including phenoxy) is 5. The summed E-state index contributed by atoms with van der Waals surface area (Å²) in [4.78, 5) is 75.7. The predicted octanol–water partition coefficient (Wildman–Crippen LogP) is 4.20. The van der Waals surface area contributed by atoms with Gasteiger partial charge in [-0.1, -0.05) is 23.3 Å². The van der Waals surface area contributed by atoms with Crippen molar-refractivity contribution in [3.63, 3.8) is 0 Å². The van der Waals surface area contributed by atoms with Gasteiger partial charge in [-0.3, -0.25) is 24.4 Å². The van der Waals surface area contributed by atoms with E-state index in [0.29, 0.717) is 18.4 Å². The number of aliphatic imine (C=N–C) groups is 2. The second-order valence-corrected chi connectivity index (χ2v) is 18.5. The molecule has 1 heterocycles. The van der Waals surface area contributed by atoms with Crippen molar-refractivity contribution in [3.8, 4) is 23.0 Å². The fourth-order valence-electron chi connectivity index (χ4n) is 6.68. The van der Waals surface area contributed by atoms with Crippen LogP contribution in [-0.4, -0.2) is 97.5 Å². The lowest BCUT2D eigenvalue weighted by Crippen LogP contribution is -2.45. The molecule has 0 aliphatic rings. The van der Waals surface area contributed by atoms with Crippen molar-refractivity contribution in [2.75, 3.05) is 33.4 Å². The summed E-state index contributed by atoms with van der Waals surface area (Å²) in [6.45, 7) is 16.9. The Labute approximate surface area is 396 Å². The molecule has 0 spiro atoms. The summed E-state index contributed by atoms with van der Waals surface area (Å²) in [6, 6.07) is 0.671. The molecule has 20 nitrogen and oxygen atoms in total. The molecule has 0 bridgehead atoms. The van der Waals surface area contributed by atoms with Crippen molar-refractivity contribution in [3.05, 3.63) is 56.8 Å². The van der Waals surface area contributed by atoms with Gasteiger partial charge in [-0.05, 0) is 108 Å². The van der Waals surface area contributed by atoms with Gasteiger partial charge in [0.2, 0.25) is 5.43 Å². The number of esters is 2. The molecule has 2 aromatic carbocycles. The number of benzene rings is 2. The van der Waals surface area contributed by atoms with Crippen molar-refractivity contribution < 1.29 is 52.4 Å². The topological polar surface area (TPSA) is 318 Å². The molecule has 0 fully saturated rings. The van der Waals surface area contributed by atoms with Crippen molar-refractivity contribution in [2.45, 2.75) is 131 Å². The minimum absolute atomic E-state index is 0.0169. The maximum atomic E-state index is 14.7. The van der Waals surface area contributed by atoms with Gasteiger partial charge in [0, 0.05) is 36.3 Å². The van der Waals surface area contributed by atoms with Crippen molar-refractivity contribution in [2.24, 2.45) is 32.9 Å². The van der Waals surface area contributed by atoms with E-state index in [1.54, 1.807) is 41.5 Å². The van der Waals surface area contributed by atoms with Gasteiger partial charge < -0.3 is 66.8 Å². The Morgan fingerprint density at radius 3 is 1.56 bits per heavy atom. The third kappa shape index (κ3) is 17.3. The number of carbonyl (C=O) groups excluding carboxylic acids is 4. The van der Waals surface area contributed by atoms with Gasteiger partial charge in [0.1, 0.15) is 51.3 Å². The summed E-state index contributed by atoms with van der Waals surface area (Å²) in [5.41, 5.74) is 21.8. The Balaban J connectivity index is 2.12. The number of phenolic OH excluding ortho intramolecular Hbond substituents is 1. The molecular weight excluding hydrogens is 881 g/mol. The molecule has 374 valence electrons. The minimum atomic E-state index is -1.06. The summed E-state index contributed by atoms with van der Waals surface area (Å²) < 4.78 is 35.3. The average Bonchev–Trinajstić information content (AvgIpc) is 3.21. The zero-order valence-corrected chi connectivity index (χ0v) is 41.2. The van der Waals surface area contributed by atoms with Crippen LogP contribution in [0.5, 0.6) is 23.0 Å². The molecule has 2 amide bonds. The quantitative estimate of drug-likeness (QED) is 0.0175. The molecule has 0 aliphatic heterocycles. The number of fused-ring (bicyclic) bond motifs is 2. The summed E-state index contributed by atoms with van der Waals surface area (Å²) >= 11 is 0. The number of rotatable bonds is 23. The lowest BCUT2D eigenvalue weighted by Gasteiger charge is -2.24. The van der Waals surface area contributed by atoms with Gasteiger partial charge in [0.25, 0.3) is 11.8 Å². The Hall–Kier alpha value is -6.99. The van der Waals surface area contributed by atoms with Crippen LogP contribution in [0.1, 0.15) is 106 Å². The van der Waals surface area contributed by atoms with E-state index < -0.39 is 71.4 Å². The van der Waals surface area contributed by atoms with Crippen LogP contribution >= 0.6 is 0 Å². The number of allylic oxidation sites excluding steroid dienone is 4. The minimum Gasteiger partial charge on any atom is -0.507 e. The number of nitrogens with zero attached hydrogens (tertiary/aromatic N) is 2. The molecule has 2 atom stereocenters. The Kier molecular flexibility index (Phi) is 20.1. The molecule has 0 unspecified atom stereocenters. The maximum absolute atomic E-state index is 14.7. The first-order chi connectivity index (χ1) is 31.7. The second kappa shape index (κ2) is 24.7. The van der Waals surface area contributed by atoms with E-state index in [1.165, 1.54) is 19.2 Å². The van der Waals surface area contributed by atoms with Gasteiger partial charge in [0.15, 0.2) is 36.6 Å². The number of hydrogen-bond donors (Lipinski definition) is 7. The highest BCUT2D eigenvalue weighted by Crippen LogP contribution is 2.42. The molecule has 3 rings (SSSR count). The van der Waals surface area contributed by atoms with Crippen molar-refractivity contribution in [1.82, 2.24) is 10.6 Å². The second-order valence-electron chi connectivity index (χ2n) is 18.5. The Bertz CT molecular complexity index is 2480. The molecule has 3 aromatic rings. The van der Waals surface area contributed by atoms with E-state index in [1.807, 2.05) is 39.8 Å². The molecule has 0 saturated heterocycles. The Morgan fingerprint density at radius 2 is 1.13 bits per heavy atom. The molecule has 0 aliphatic carbocycles. The van der Waals surface area contributed by atoms with Crippen LogP contribution in [0.25, 0.3) is 21.9 Å². The van der Waals surface area contributed by atoms with Crippen LogP contribution in [-0.2, 0) is 41.5 Å². The van der Waals surface area contributed by atoms with E-state index in [9.17, 15) is 29.1 Å². The largest absolute Gasteiger partial charge is 0.507 e. The lowest BCUT2D eigenvalue weighted by atomic mass is 9.98. The SMILES string of the molecule is COc1c(OCC(=O)N[C@@H](CCCN=C(N)N)C(=O)OC(C)(C)C)cc2oc3cc(OCC(=O)N[C@@H](CCCN=C(N)N)C(=O)OC(C)(C)C)c(CC=C(C)C)c(O)c3c(=O)c2c1CC=C(C)C. The zero-order chi connectivity index (χ0) is 51.1. The van der Waals surface area contributed by atoms with Gasteiger partial charge in [-0.15, -0.1) is 0 Å². The van der Waals surface area contributed by atoms with Crippen LogP contribution in [0.4, 0.5) is 0 Å². The molecule has 11 N–H and O–H groups in total. The molecule has 0 saturated carbocycles. The number of carbonyl (C=O) groups is 4. The molecule has 1 aromatic heterocycles. The first kappa shape index (κ1) is 55.3. The molecular formula is C48H70N8O12. The van der Waals surface area contributed by atoms with E-state index in [4.69, 9.17) is 51.0 Å². The zero-order valence-electron chi connectivity index (χ0n) is 41.2. The van der Waals surface area contributed by atoms with Crippen molar-refractivity contribution >= 4 is 57.6 Å². The highest BCUT2D eigenvalue weighted by molar-refractivity contribution is 5.98. The number of methoxy groups -OCH3 is 1. The first-order valence-corrected chi connectivity index (χ1v) is 22.2. The number of nitrogens with two attached hydrogens (primary N) is 4. The van der Waals surface area contributed by atoms with Gasteiger partial charge in [-0.2, -0.15) is 0 Å². The van der Waals surface area contributed by atoms with Crippen molar-refractivity contribution in [1.29, 1.82) is 0 Å². The standard InChI is InChI=1S/C48H70N8O12/c1-26(2)16-18-28-32(64-24-36(57)55-30(14-12-20-53-45(49)50)43(61)67-47(5,6)7)22-34-39(40(28)59)41(60)38-29(19-17-27(3)4)42(63-11)35(23-33(38)66-34)65-25-37(58)56-31(15-13-21-54-46(51)52)44(62)68-48(8,9)10/h16-17,22-23,30-31,59H,12-15,18-21,24-25H2,1-11H3,(H,55,57)(H,56,58)(H4,49,50,53)(H4,51,52,54)/t30-,31-/m0/s1. The maximum Gasteiger partial charge on any atom is 0.329 e. The first-order valence-electron chi connectivity index (χ1n) is 22.2. The van der Waals surface area contributed by atoms with Crippen LogP contribution in [0.2, 0.25) is 0 Å². The molecule has 20 heteroatoms. The van der Waals surface area contributed by atoms with E-state index in [-0.39, 0.29) is 95.4 Å². The van der Waals surface area contributed by atoms with Crippen LogP contribution in [0.15, 0.2) is 54.6 Å². The average molecular weight is 951 g/mol. The monoisotopic (exact) mass is 951 g/mol. The number of guanidine groups is 2. The lowest BCUT2D eigenvalue weighted by molar-refractivity contribution is -0.159. The summed E-state index contributed by atoms with van der Waals surface area (Å²) in [6.07, 6.45) is 4.98. The highest BCUT2D eigenvalue weighted by atomic mass is 16.6. The summed E-state index contributed by atoms with van der Waals surface area (Å²) in [5, 5.41) is 17.2. The summed E-state index contributed by atoms with van der Waals surface area (Å²) in [5.74, 6) is -3.13. The number of hydrogen-bond acceptors (Lipinski definition) is 14. The van der Waals surface area contributed by atoms with Crippen LogP contribution < -0.4 is 53.2 Å². The van der Waals surface area contributed by atoms with Gasteiger partial charge in [0.05, 0.1) is 12.5 Å². The fraction of sp³-hybridized carbons (Fsp3) is 0.521. The predicted molar refractivity (Wildman–Crippen MR) is 261 cm³/mol. The van der Waals surface area contributed by atoms with Gasteiger partial charge in [-0.25, -0.2) is 9.59 Å². The van der Waals surface area contributed by atoms with Gasteiger partial charge >= 0.3 is 11.9 Å². The number of amides is 2. The third-order valence-corrected chi connectivity index (χ3v) is 9.61. The highest BCUT2D eigenvalue weighted by Gasteiger charge is 2.30.